The molecule has 0 saturated heterocycles. The van der Waals surface area contributed by atoms with Crippen LogP contribution in [0.1, 0.15) is 33.1 Å². The third-order valence-corrected chi connectivity index (χ3v) is 3.09. The summed E-state index contributed by atoms with van der Waals surface area (Å²) in [6.45, 7) is 4.94. The highest BCUT2D eigenvalue weighted by Gasteiger charge is 2.30. The van der Waals surface area contributed by atoms with Gasteiger partial charge in [-0.05, 0) is 32.6 Å². The standard InChI is InChI=1S/C12H21N3O/c1-3-15(8-9(2)7-13)12(16)6-11(14)10-4-5-10/h9-11H,3-6,8,14H2,1-2H3. The average molecular weight is 223 g/mol. The van der Waals surface area contributed by atoms with Crippen LogP contribution in [0, 0.1) is 23.2 Å². The Balaban J connectivity index is 2.39. The minimum atomic E-state index is -0.110. The summed E-state index contributed by atoms with van der Waals surface area (Å²) in [5.41, 5.74) is 5.92. The van der Waals surface area contributed by atoms with Crippen LogP contribution in [-0.4, -0.2) is 29.9 Å². The van der Waals surface area contributed by atoms with Crippen LogP contribution in [0.5, 0.6) is 0 Å². The van der Waals surface area contributed by atoms with Gasteiger partial charge in [-0.1, -0.05) is 0 Å². The number of nitrogens with two attached hydrogens (primary N) is 1. The van der Waals surface area contributed by atoms with E-state index in [9.17, 15) is 4.79 Å². The molecule has 1 amide bonds. The lowest BCUT2D eigenvalue weighted by Crippen LogP contribution is -2.38. The molecule has 0 heterocycles. The molecule has 0 aromatic carbocycles. The number of amides is 1. The van der Waals surface area contributed by atoms with Crippen LogP contribution in [0.25, 0.3) is 0 Å². The number of nitrogens with zero attached hydrogens (tertiary/aromatic N) is 2. The van der Waals surface area contributed by atoms with E-state index in [0.717, 1.165) is 12.8 Å². The van der Waals surface area contributed by atoms with Crippen molar-refractivity contribution in [3.8, 4) is 6.07 Å². The van der Waals surface area contributed by atoms with Gasteiger partial charge < -0.3 is 10.6 Å². The van der Waals surface area contributed by atoms with E-state index in [-0.39, 0.29) is 17.9 Å². The summed E-state index contributed by atoms with van der Waals surface area (Å²) in [5.74, 6) is 0.529. The zero-order chi connectivity index (χ0) is 12.1. The molecular weight excluding hydrogens is 202 g/mol. The van der Waals surface area contributed by atoms with Gasteiger partial charge in [0.15, 0.2) is 0 Å². The minimum absolute atomic E-state index is 0.0129. The summed E-state index contributed by atoms with van der Waals surface area (Å²) in [4.78, 5) is 13.6. The molecule has 1 fully saturated rings. The molecule has 2 N–H and O–H groups in total. The SMILES string of the molecule is CCN(CC(C)C#N)C(=O)CC(N)C1CC1. The number of rotatable bonds is 6. The fourth-order valence-electron chi connectivity index (χ4n) is 1.80. The summed E-state index contributed by atoms with van der Waals surface area (Å²) >= 11 is 0. The molecule has 90 valence electrons. The van der Waals surface area contributed by atoms with Crippen molar-refractivity contribution in [2.45, 2.75) is 39.2 Å². The van der Waals surface area contributed by atoms with E-state index in [1.165, 1.54) is 0 Å². The van der Waals surface area contributed by atoms with Gasteiger partial charge in [0.1, 0.15) is 0 Å². The minimum Gasteiger partial charge on any atom is -0.342 e. The molecule has 0 aromatic rings. The van der Waals surface area contributed by atoms with E-state index in [1.807, 2.05) is 13.8 Å². The van der Waals surface area contributed by atoms with E-state index in [2.05, 4.69) is 6.07 Å². The van der Waals surface area contributed by atoms with Crippen molar-refractivity contribution in [1.29, 1.82) is 5.26 Å². The molecule has 0 bridgehead atoms. The second kappa shape index (κ2) is 5.86. The third kappa shape index (κ3) is 3.82. The Hall–Kier alpha value is -1.08. The summed E-state index contributed by atoms with van der Waals surface area (Å²) in [6.07, 6.45) is 2.75. The van der Waals surface area contributed by atoms with Crippen LogP contribution < -0.4 is 5.73 Å². The molecule has 0 aliphatic heterocycles. The smallest absolute Gasteiger partial charge is 0.224 e. The maximum Gasteiger partial charge on any atom is 0.224 e. The average Bonchev–Trinajstić information content (AvgIpc) is 3.08. The number of carbonyl (C=O) groups excluding carboxylic acids is 1. The zero-order valence-electron chi connectivity index (χ0n) is 10.1. The molecule has 1 aliphatic rings. The van der Waals surface area contributed by atoms with Crippen LogP contribution in [0.15, 0.2) is 0 Å². The van der Waals surface area contributed by atoms with Gasteiger partial charge in [0.25, 0.3) is 0 Å². The molecule has 1 saturated carbocycles. The maximum absolute atomic E-state index is 11.9. The number of nitriles is 1. The normalized spacial score (nSPS) is 18.6. The van der Waals surface area contributed by atoms with Gasteiger partial charge in [0, 0.05) is 25.6 Å². The molecule has 4 nitrogen and oxygen atoms in total. The Morgan fingerprint density at radius 1 is 1.62 bits per heavy atom. The summed E-state index contributed by atoms with van der Waals surface area (Å²) in [6, 6.07) is 2.16. The Morgan fingerprint density at radius 3 is 2.69 bits per heavy atom. The monoisotopic (exact) mass is 223 g/mol. The summed E-state index contributed by atoms with van der Waals surface area (Å²) in [7, 11) is 0. The van der Waals surface area contributed by atoms with Crippen molar-refractivity contribution in [1.82, 2.24) is 4.90 Å². The van der Waals surface area contributed by atoms with Crippen LogP contribution in [0.3, 0.4) is 0 Å². The Bertz CT molecular complexity index is 280. The lowest BCUT2D eigenvalue weighted by Gasteiger charge is -2.23. The van der Waals surface area contributed by atoms with E-state index >= 15 is 0 Å². The first-order valence-corrected chi connectivity index (χ1v) is 6.01. The van der Waals surface area contributed by atoms with Crippen LogP contribution in [0.2, 0.25) is 0 Å². The summed E-state index contributed by atoms with van der Waals surface area (Å²) < 4.78 is 0. The largest absolute Gasteiger partial charge is 0.342 e. The number of carbonyl (C=O) groups is 1. The van der Waals surface area contributed by atoms with Gasteiger partial charge in [-0.2, -0.15) is 5.26 Å². The first kappa shape index (κ1) is 13.0. The highest BCUT2D eigenvalue weighted by molar-refractivity contribution is 5.76. The third-order valence-electron chi connectivity index (χ3n) is 3.09. The zero-order valence-corrected chi connectivity index (χ0v) is 10.1. The molecule has 0 spiro atoms. The maximum atomic E-state index is 11.9. The molecule has 4 heteroatoms. The first-order chi connectivity index (χ1) is 7.58. The highest BCUT2D eigenvalue weighted by atomic mass is 16.2. The molecule has 0 radical (unpaired) electrons. The van der Waals surface area contributed by atoms with Crippen LogP contribution >= 0.6 is 0 Å². The van der Waals surface area contributed by atoms with Crippen LogP contribution in [0.4, 0.5) is 0 Å². The van der Waals surface area contributed by atoms with Crippen molar-refractivity contribution < 1.29 is 4.79 Å². The quantitative estimate of drug-likeness (QED) is 0.733. The van der Waals surface area contributed by atoms with Crippen molar-refractivity contribution in [3.05, 3.63) is 0 Å². The van der Waals surface area contributed by atoms with Gasteiger partial charge in [-0.3, -0.25) is 4.79 Å². The second-order valence-electron chi connectivity index (χ2n) is 4.67. The van der Waals surface area contributed by atoms with Crippen molar-refractivity contribution in [3.63, 3.8) is 0 Å². The van der Waals surface area contributed by atoms with E-state index in [4.69, 9.17) is 11.0 Å². The van der Waals surface area contributed by atoms with Gasteiger partial charge in [-0.15, -0.1) is 0 Å². The number of hydrogen-bond donors (Lipinski definition) is 1. The van der Waals surface area contributed by atoms with Gasteiger partial charge in [-0.25, -0.2) is 0 Å². The molecule has 0 aromatic heterocycles. The van der Waals surface area contributed by atoms with Gasteiger partial charge in [0.2, 0.25) is 5.91 Å². The molecule has 16 heavy (non-hydrogen) atoms. The van der Waals surface area contributed by atoms with E-state index in [0.29, 0.717) is 25.4 Å². The van der Waals surface area contributed by atoms with Gasteiger partial charge in [0.05, 0.1) is 12.0 Å². The molecule has 2 unspecified atom stereocenters. The Labute approximate surface area is 97.4 Å². The topological polar surface area (TPSA) is 70.1 Å². The predicted octanol–water partition coefficient (Wildman–Crippen LogP) is 1.12. The van der Waals surface area contributed by atoms with Crippen LogP contribution in [-0.2, 0) is 4.79 Å². The van der Waals surface area contributed by atoms with Crippen molar-refractivity contribution >= 4 is 5.91 Å². The predicted molar refractivity (Wildman–Crippen MR) is 62.3 cm³/mol. The Morgan fingerprint density at radius 2 is 2.25 bits per heavy atom. The van der Waals surface area contributed by atoms with Gasteiger partial charge >= 0.3 is 0 Å². The van der Waals surface area contributed by atoms with E-state index < -0.39 is 0 Å². The Kier molecular flexibility index (Phi) is 4.75. The summed E-state index contributed by atoms with van der Waals surface area (Å²) in [5, 5.41) is 8.73. The molecule has 2 atom stereocenters. The molecule has 1 rings (SSSR count). The van der Waals surface area contributed by atoms with Crippen molar-refractivity contribution in [2.75, 3.05) is 13.1 Å². The lowest BCUT2D eigenvalue weighted by molar-refractivity contribution is -0.131. The fraction of sp³-hybridized carbons (Fsp3) is 0.833. The molecular formula is C12H21N3O. The first-order valence-electron chi connectivity index (χ1n) is 6.01. The fourth-order valence-corrected chi connectivity index (χ4v) is 1.80. The van der Waals surface area contributed by atoms with E-state index in [1.54, 1.807) is 4.90 Å². The lowest BCUT2D eigenvalue weighted by atomic mass is 10.1. The number of hydrogen-bond acceptors (Lipinski definition) is 3. The molecule has 1 aliphatic carbocycles. The highest BCUT2D eigenvalue weighted by Crippen LogP contribution is 2.32. The second-order valence-corrected chi connectivity index (χ2v) is 4.67. The van der Waals surface area contributed by atoms with Crippen molar-refractivity contribution in [2.24, 2.45) is 17.6 Å².